The number of rotatable bonds is 3. The van der Waals surface area contributed by atoms with Gasteiger partial charge in [-0.25, -0.2) is 4.98 Å². The summed E-state index contributed by atoms with van der Waals surface area (Å²) in [5, 5.41) is 0.816. The molecule has 1 aromatic heterocycles. The molecule has 0 aliphatic carbocycles. The Morgan fingerprint density at radius 1 is 1.29 bits per heavy atom. The fourth-order valence-corrected chi connectivity index (χ4v) is 3.01. The first-order valence-electron chi connectivity index (χ1n) is 7.35. The molecule has 1 saturated heterocycles. The number of benzene rings is 1. The van der Waals surface area contributed by atoms with Crippen LogP contribution in [0.15, 0.2) is 30.3 Å². The van der Waals surface area contributed by atoms with Gasteiger partial charge in [-0.1, -0.05) is 0 Å². The normalized spacial score (nSPS) is 21.2. The summed E-state index contributed by atoms with van der Waals surface area (Å²) in [6.07, 6.45) is -4.47. The number of methoxy groups -OCH3 is 1. The van der Waals surface area contributed by atoms with Crippen LogP contribution < -0.4 is 15.4 Å². The molecule has 5 nitrogen and oxygen atoms in total. The van der Waals surface area contributed by atoms with Crippen molar-refractivity contribution in [1.82, 2.24) is 4.98 Å². The van der Waals surface area contributed by atoms with Gasteiger partial charge in [0.05, 0.1) is 24.5 Å². The molecule has 0 radical (unpaired) electrons. The van der Waals surface area contributed by atoms with E-state index >= 15 is 0 Å². The van der Waals surface area contributed by atoms with E-state index in [1.54, 1.807) is 37.4 Å². The predicted molar refractivity (Wildman–Crippen MR) is 82.7 cm³/mol. The average molecular weight is 339 g/mol. The molecule has 2 heterocycles. The molecular formula is C16H16F3N3O2. The van der Waals surface area contributed by atoms with Crippen molar-refractivity contribution in [2.45, 2.75) is 6.18 Å². The third-order valence-electron chi connectivity index (χ3n) is 4.31. The van der Waals surface area contributed by atoms with Crippen LogP contribution in [0.4, 0.5) is 19.0 Å². The number of alkyl halides is 3. The van der Waals surface area contributed by atoms with Crippen LogP contribution in [0.25, 0.3) is 10.9 Å². The number of nitrogens with two attached hydrogens (primary N) is 1. The van der Waals surface area contributed by atoms with Gasteiger partial charge in [0.1, 0.15) is 11.6 Å². The van der Waals surface area contributed by atoms with Crippen molar-refractivity contribution in [2.24, 2.45) is 17.6 Å². The number of hydrogen-bond donors (Lipinski definition) is 1. The van der Waals surface area contributed by atoms with Gasteiger partial charge in [-0.15, -0.1) is 0 Å². The fourth-order valence-electron chi connectivity index (χ4n) is 3.01. The zero-order chi connectivity index (χ0) is 17.5. The van der Waals surface area contributed by atoms with Crippen LogP contribution >= 0.6 is 0 Å². The van der Waals surface area contributed by atoms with E-state index in [4.69, 9.17) is 10.5 Å². The number of halogens is 3. The minimum Gasteiger partial charge on any atom is -0.497 e. The number of aromatic nitrogens is 1. The third kappa shape index (κ3) is 2.95. The lowest BCUT2D eigenvalue weighted by Crippen LogP contribution is -2.37. The van der Waals surface area contributed by atoms with Gasteiger partial charge in [0, 0.05) is 18.5 Å². The summed E-state index contributed by atoms with van der Waals surface area (Å²) in [6, 6.07) is 8.66. The Bertz CT molecular complexity index is 779. The monoisotopic (exact) mass is 339 g/mol. The smallest absolute Gasteiger partial charge is 0.394 e. The SMILES string of the molecule is COc1ccc2nc(N3C[C@@H](C(F)(F)F)[C@H](C(N)=O)C3)ccc2c1. The van der Waals surface area contributed by atoms with Crippen molar-refractivity contribution >= 4 is 22.6 Å². The molecule has 128 valence electrons. The lowest BCUT2D eigenvalue weighted by Gasteiger charge is -2.19. The van der Waals surface area contributed by atoms with E-state index in [2.05, 4.69) is 4.98 Å². The first-order chi connectivity index (χ1) is 11.3. The highest BCUT2D eigenvalue weighted by molar-refractivity contribution is 5.82. The number of amides is 1. The molecule has 2 atom stereocenters. The van der Waals surface area contributed by atoms with Crippen molar-refractivity contribution in [3.8, 4) is 5.75 Å². The molecule has 1 amide bonds. The molecule has 1 aliphatic rings. The Balaban J connectivity index is 1.91. The lowest BCUT2D eigenvalue weighted by atomic mass is 9.95. The molecule has 0 spiro atoms. The Morgan fingerprint density at radius 2 is 2.04 bits per heavy atom. The van der Waals surface area contributed by atoms with Crippen LogP contribution in [0.2, 0.25) is 0 Å². The van der Waals surface area contributed by atoms with E-state index in [9.17, 15) is 18.0 Å². The van der Waals surface area contributed by atoms with Gasteiger partial charge in [0.15, 0.2) is 0 Å². The molecule has 8 heteroatoms. The largest absolute Gasteiger partial charge is 0.497 e. The fraction of sp³-hybridized carbons (Fsp3) is 0.375. The van der Waals surface area contributed by atoms with Crippen LogP contribution in [-0.4, -0.2) is 37.3 Å². The van der Waals surface area contributed by atoms with Gasteiger partial charge >= 0.3 is 6.18 Å². The summed E-state index contributed by atoms with van der Waals surface area (Å²) in [5.74, 6) is -2.91. The first-order valence-corrected chi connectivity index (χ1v) is 7.35. The molecule has 1 aliphatic heterocycles. The highest BCUT2D eigenvalue weighted by Gasteiger charge is 2.52. The van der Waals surface area contributed by atoms with Gasteiger partial charge in [-0.05, 0) is 30.3 Å². The van der Waals surface area contributed by atoms with Crippen molar-refractivity contribution < 1.29 is 22.7 Å². The Labute approximate surface area is 136 Å². The summed E-state index contributed by atoms with van der Waals surface area (Å²) in [7, 11) is 1.55. The van der Waals surface area contributed by atoms with Crippen LogP contribution in [0.3, 0.4) is 0 Å². The second-order valence-corrected chi connectivity index (χ2v) is 5.79. The summed E-state index contributed by atoms with van der Waals surface area (Å²) in [4.78, 5) is 17.2. The molecular weight excluding hydrogens is 323 g/mol. The van der Waals surface area contributed by atoms with Crippen molar-refractivity contribution in [3.63, 3.8) is 0 Å². The number of anilines is 1. The number of hydrogen-bond acceptors (Lipinski definition) is 4. The topological polar surface area (TPSA) is 68.4 Å². The summed E-state index contributed by atoms with van der Waals surface area (Å²) in [5.41, 5.74) is 5.79. The maximum absolute atomic E-state index is 13.1. The number of primary amides is 1. The maximum Gasteiger partial charge on any atom is 0.394 e. The van der Waals surface area contributed by atoms with Gasteiger partial charge in [-0.3, -0.25) is 4.79 Å². The second kappa shape index (κ2) is 5.85. The number of nitrogens with zero attached hydrogens (tertiary/aromatic N) is 2. The average Bonchev–Trinajstić information content (AvgIpc) is 2.99. The van der Waals surface area contributed by atoms with Gasteiger partial charge < -0.3 is 15.4 Å². The Morgan fingerprint density at radius 3 is 2.62 bits per heavy atom. The van der Waals surface area contributed by atoms with Crippen molar-refractivity contribution in [2.75, 3.05) is 25.1 Å². The quantitative estimate of drug-likeness (QED) is 0.932. The van der Waals surface area contributed by atoms with Crippen LogP contribution in [-0.2, 0) is 4.79 Å². The number of carbonyl (C=O) groups is 1. The number of carbonyl (C=O) groups excluding carboxylic acids is 1. The molecule has 24 heavy (non-hydrogen) atoms. The lowest BCUT2D eigenvalue weighted by molar-refractivity contribution is -0.181. The first kappa shape index (κ1) is 16.4. The van der Waals surface area contributed by atoms with Crippen LogP contribution in [0, 0.1) is 11.8 Å². The highest BCUT2D eigenvalue weighted by atomic mass is 19.4. The Kier molecular flexibility index (Phi) is 3.98. The van der Waals surface area contributed by atoms with E-state index in [-0.39, 0.29) is 13.1 Å². The summed E-state index contributed by atoms with van der Waals surface area (Å²) < 4.78 is 44.5. The summed E-state index contributed by atoms with van der Waals surface area (Å²) >= 11 is 0. The van der Waals surface area contributed by atoms with Gasteiger partial charge in [-0.2, -0.15) is 13.2 Å². The van der Waals surface area contributed by atoms with Gasteiger partial charge in [0.25, 0.3) is 0 Å². The molecule has 0 bridgehead atoms. The molecule has 2 N–H and O–H groups in total. The molecule has 2 aromatic rings. The Hall–Kier alpha value is -2.51. The van der Waals surface area contributed by atoms with E-state index in [0.29, 0.717) is 17.1 Å². The highest BCUT2D eigenvalue weighted by Crippen LogP contribution is 2.39. The zero-order valence-electron chi connectivity index (χ0n) is 12.9. The van der Waals surface area contributed by atoms with E-state index in [0.717, 1.165) is 5.39 Å². The minimum atomic E-state index is -4.47. The van der Waals surface area contributed by atoms with Gasteiger partial charge in [0.2, 0.25) is 5.91 Å². The van der Waals surface area contributed by atoms with E-state index in [1.165, 1.54) is 4.90 Å². The van der Waals surface area contributed by atoms with Crippen LogP contribution in [0.5, 0.6) is 5.75 Å². The number of pyridine rings is 1. The zero-order valence-corrected chi connectivity index (χ0v) is 12.9. The standard InChI is InChI=1S/C16H16F3N3O2/c1-24-10-3-4-13-9(6-10)2-5-14(21-13)22-7-11(15(20)23)12(8-22)16(17,18)19/h2-6,11-12H,7-8H2,1H3,(H2,20,23)/t11-,12-/m1/s1. The van der Waals surface area contributed by atoms with Crippen LogP contribution in [0.1, 0.15) is 0 Å². The molecule has 1 fully saturated rings. The predicted octanol–water partition coefficient (Wildman–Crippen LogP) is 2.34. The van der Waals surface area contributed by atoms with Crippen molar-refractivity contribution in [3.05, 3.63) is 30.3 Å². The maximum atomic E-state index is 13.1. The van der Waals surface area contributed by atoms with E-state index < -0.39 is 23.9 Å². The number of ether oxygens (including phenoxy) is 1. The van der Waals surface area contributed by atoms with E-state index in [1.807, 2.05) is 0 Å². The molecule has 3 rings (SSSR count). The molecule has 1 aromatic carbocycles. The second-order valence-electron chi connectivity index (χ2n) is 5.79. The minimum absolute atomic E-state index is 0.0891. The molecule has 0 saturated carbocycles. The number of fused-ring (bicyclic) bond motifs is 1. The third-order valence-corrected chi connectivity index (χ3v) is 4.31. The molecule has 0 unspecified atom stereocenters. The summed E-state index contributed by atoms with van der Waals surface area (Å²) in [6.45, 7) is -0.417. The van der Waals surface area contributed by atoms with Crippen molar-refractivity contribution in [1.29, 1.82) is 0 Å².